The lowest BCUT2D eigenvalue weighted by molar-refractivity contribution is 0.000130. The second kappa shape index (κ2) is 6.65. The topological polar surface area (TPSA) is 12.5 Å². The summed E-state index contributed by atoms with van der Waals surface area (Å²) < 4.78 is 5.87. The van der Waals surface area contributed by atoms with Gasteiger partial charge < -0.3 is 4.74 Å². The minimum absolute atomic E-state index is 0.384. The zero-order valence-electron chi connectivity index (χ0n) is 11.7. The van der Waals surface area contributed by atoms with E-state index in [1.54, 1.807) is 0 Å². The molecule has 0 radical (unpaired) electrons. The van der Waals surface area contributed by atoms with E-state index in [1.807, 2.05) is 26.0 Å². The Balaban J connectivity index is 0.000000686. The monoisotopic (exact) mass is 235 g/mol. The number of likely N-dealkylation sites (tertiary alicyclic amines) is 1. The number of hydrogen-bond acceptors (Lipinski definition) is 2. The molecule has 2 nitrogen and oxygen atoms in total. The van der Waals surface area contributed by atoms with Gasteiger partial charge in [0, 0.05) is 19.1 Å². The van der Waals surface area contributed by atoms with Crippen LogP contribution >= 0.6 is 0 Å². The summed E-state index contributed by atoms with van der Waals surface area (Å²) in [6, 6.07) is 8.91. The van der Waals surface area contributed by atoms with Gasteiger partial charge in [-0.1, -0.05) is 26.0 Å². The van der Waals surface area contributed by atoms with Crippen LogP contribution in [0.25, 0.3) is 0 Å². The fourth-order valence-corrected chi connectivity index (χ4v) is 1.85. The molecule has 1 aromatic rings. The Morgan fingerprint density at radius 2 is 1.88 bits per heavy atom. The van der Waals surface area contributed by atoms with E-state index in [1.165, 1.54) is 5.56 Å². The lowest BCUT2D eigenvalue weighted by atomic mass is 10.1. The van der Waals surface area contributed by atoms with Crippen LogP contribution < -0.4 is 4.74 Å². The van der Waals surface area contributed by atoms with Crippen LogP contribution in [0, 0.1) is 6.92 Å². The third kappa shape index (κ3) is 4.04. The predicted octanol–water partition coefficient (Wildman–Crippen LogP) is 3.49. The first-order valence-corrected chi connectivity index (χ1v) is 6.62. The van der Waals surface area contributed by atoms with Crippen LogP contribution in [0.15, 0.2) is 24.3 Å². The maximum Gasteiger partial charge on any atom is 0.124 e. The van der Waals surface area contributed by atoms with Gasteiger partial charge in [0.05, 0.1) is 0 Å². The van der Waals surface area contributed by atoms with E-state index >= 15 is 0 Å². The van der Waals surface area contributed by atoms with E-state index in [-0.39, 0.29) is 0 Å². The van der Waals surface area contributed by atoms with Crippen molar-refractivity contribution in [2.45, 2.75) is 46.8 Å². The first-order chi connectivity index (χ1) is 8.15. The minimum Gasteiger partial charge on any atom is -0.488 e. The highest BCUT2D eigenvalue weighted by molar-refractivity contribution is 5.27. The number of nitrogens with zero attached hydrogens (tertiary/aromatic N) is 1. The summed E-state index contributed by atoms with van der Waals surface area (Å²) in [5, 5.41) is 0. The molecule has 0 aliphatic carbocycles. The molecule has 0 atom stereocenters. The fraction of sp³-hybridized carbons (Fsp3) is 0.600. The second-order valence-corrected chi connectivity index (χ2v) is 4.60. The van der Waals surface area contributed by atoms with Gasteiger partial charge in [-0.3, -0.25) is 4.90 Å². The van der Waals surface area contributed by atoms with Gasteiger partial charge in [0.15, 0.2) is 0 Å². The number of aryl methyl sites for hydroxylation is 1. The van der Waals surface area contributed by atoms with E-state index in [2.05, 4.69) is 37.8 Å². The van der Waals surface area contributed by atoms with E-state index in [0.29, 0.717) is 12.1 Å². The largest absolute Gasteiger partial charge is 0.488 e. The number of hydrogen-bond donors (Lipinski definition) is 0. The highest BCUT2D eigenvalue weighted by Gasteiger charge is 2.29. The number of ether oxygens (including phenoxy) is 1. The highest BCUT2D eigenvalue weighted by Crippen LogP contribution is 2.20. The molecule has 1 fully saturated rings. The predicted molar refractivity (Wildman–Crippen MR) is 73.7 cm³/mol. The average Bonchev–Trinajstić information content (AvgIpc) is 2.25. The van der Waals surface area contributed by atoms with Crippen molar-refractivity contribution in [3.63, 3.8) is 0 Å². The SMILES string of the molecule is CC.Cc1cccc(OC2CN(C(C)C)C2)c1. The van der Waals surface area contributed by atoms with Gasteiger partial charge in [-0.15, -0.1) is 0 Å². The zero-order valence-corrected chi connectivity index (χ0v) is 11.7. The van der Waals surface area contributed by atoms with Crippen molar-refractivity contribution in [2.75, 3.05) is 13.1 Å². The van der Waals surface area contributed by atoms with Crippen LogP contribution in [0.5, 0.6) is 5.75 Å². The molecule has 17 heavy (non-hydrogen) atoms. The molecule has 1 aromatic carbocycles. The molecule has 0 aromatic heterocycles. The third-order valence-electron chi connectivity index (χ3n) is 2.90. The Bertz CT molecular complexity index is 329. The van der Waals surface area contributed by atoms with Crippen molar-refractivity contribution in [3.05, 3.63) is 29.8 Å². The molecular weight excluding hydrogens is 210 g/mol. The molecule has 0 saturated carbocycles. The van der Waals surface area contributed by atoms with Gasteiger partial charge in [-0.05, 0) is 38.5 Å². The normalized spacial score (nSPS) is 16.1. The lowest BCUT2D eigenvalue weighted by Gasteiger charge is -2.41. The van der Waals surface area contributed by atoms with Crippen LogP contribution in [0.1, 0.15) is 33.3 Å². The van der Waals surface area contributed by atoms with E-state index in [9.17, 15) is 0 Å². The highest BCUT2D eigenvalue weighted by atomic mass is 16.5. The summed E-state index contributed by atoms with van der Waals surface area (Å²) in [4.78, 5) is 2.42. The van der Waals surface area contributed by atoms with Crippen molar-refractivity contribution in [1.82, 2.24) is 4.90 Å². The van der Waals surface area contributed by atoms with Gasteiger partial charge >= 0.3 is 0 Å². The molecule has 2 rings (SSSR count). The van der Waals surface area contributed by atoms with Crippen molar-refractivity contribution in [2.24, 2.45) is 0 Å². The summed E-state index contributed by atoms with van der Waals surface area (Å²) in [5.41, 5.74) is 1.26. The first kappa shape index (κ1) is 14.0. The Morgan fingerprint density at radius 1 is 1.24 bits per heavy atom. The van der Waals surface area contributed by atoms with Gasteiger partial charge in [0.1, 0.15) is 11.9 Å². The lowest BCUT2D eigenvalue weighted by Crippen LogP contribution is -2.56. The molecule has 1 aliphatic heterocycles. The standard InChI is InChI=1S/C13H19NO.C2H6/c1-10(2)14-8-13(9-14)15-12-6-4-5-11(3)7-12;1-2/h4-7,10,13H,8-9H2,1-3H3;1-2H3. The second-order valence-electron chi connectivity index (χ2n) is 4.60. The van der Waals surface area contributed by atoms with Crippen LogP contribution in [0.4, 0.5) is 0 Å². The maximum absolute atomic E-state index is 5.87. The Hall–Kier alpha value is -1.02. The molecule has 1 aliphatic rings. The summed E-state index contributed by atoms with van der Waals surface area (Å²) >= 11 is 0. The zero-order chi connectivity index (χ0) is 12.8. The molecule has 96 valence electrons. The Labute approximate surface area is 106 Å². The van der Waals surface area contributed by atoms with Gasteiger partial charge in [-0.2, -0.15) is 0 Å². The van der Waals surface area contributed by atoms with E-state index < -0.39 is 0 Å². The summed E-state index contributed by atoms with van der Waals surface area (Å²) in [6.45, 7) is 12.7. The molecule has 0 bridgehead atoms. The summed E-state index contributed by atoms with van der Waals surface area (Å²) in [5.74, 6) is 1.00. The fourth-order valence-electron chi connectivity index (χ4n) is 1.85. The molecule has 0 amide bonds. The van der Waals surface area contributed by atoms with Crippen LogP contribution in [-0.4, -0.2) is 30.1 Å². The minimum atomic E-state index is 0.384. The van der Waals surface area contributed by atoms with Crippen LogP contribution in [0.3, 0.4) is 0 Å². The molecule has 1 heterocycles. The van der Waals surface area contributed by atoms with Crippen molar-refractivity contribution in [3.8, 4) is 5.75 Å². The van der Waals surface area contributed by atoms with E-state index in [0.717, 1.165) is 18.8 Å². The van der Waals surface area contributed by atoms with Crippen molar-refractivity contribution < 1.29 is 4.74 Å². The third-order valence-corrected chi connectivity index (χ3v) is 2.90. The van der Waals surface area contributed by atoms with Crippen LogP contribution in [0.2, 0.25) is 0 Å². The molecule has 1 saturated heterocycles. The van der Waals surface area contributed by atoms with Gasteiger partial charge in [0.2, 0.25) is 0 Å². The number of benzene rings is 1. The van der Waals surface area contributed by atoms with Crippen molar-refractivity contribution in [1.29, 1.82) is 0 Å². The first-order valence-electron chi connectivity index (χ1n) is 6.62. The smallest absolute Gasteiger partial charge is 0.124 e. The maximum atomic E-state index is 5.87. The van der Waals surface area contributed by atoms with Crippen LogP contribution in [-0.2, 0) is 0 Å². The average molecular weight is 235 g/mol. The molecule has 0 unspecified atom stereocenters. The van der Waals surface area contributed by atoms with Crippen molar-refractivity contribution >= 4 is 0 Å². The van der Waals surface area contributed by atoms with Gasteiger partial charge in [-0.25, -0.2) is 0 Å². The molecule has 2 heteroatoms. The summed E-state index contributed by atoms with van der Waals surface area (Å²) in [6.07, 6.45) is 0.384. The number of rotatable bonds is 3. The Kier molecular flexibility index (Phi) is 5.49. The van der Waals surface area contributed by atoms with E-state index in [4.69, 9.17) is 4.74 Å². The molecular formula is C15H25NO. The Morgan fingerprint density at radius 3 is 2.41 bits per heavy atom. The molecule has 0 spiro atoms. The quantitative estimate of drug-likeness (QED) is 0.795. The molecule has 0 N–H and O–H groups in total. The van der Waals surface area contributed by atoms with Gasteiger partial charge in [0.25, 0.3) is 0 Å². The summed E-state index contributed by atoms with van der Waals surface area (Å²) in [7, 11) is 0.